The van der Waals surface area contributed by atoms with Crippen molar-refractivity contribution in [2.24, 2.45) is 18.4 Å². The van der Waals surface area contributed by atoms with Gasteiger partial charge in [-0.3, -0.25) is 4.68 Å². The van der Waals surface area contributed by atoms with E-state index < -0.39 is 0 Å². The van der Waals surface area contributed by atoms with Crippen LogP contribution in [0.15, 0.2) is 6.20 Å². The minimum absolute atomic E-state index is 0.356. The first kappa shape index (κ1) is 16.2. The average Bonchev–Trinajstić information content (AvgIpc) is 2.70. The molecule has 1 rings (SSSR count). The molecular formula is C15H30N4. The van der Waals surface area contributed by atoms with Crippen molar-refractivity contribution in [2.75, 3.05) is 6.54 Å². The van der Waals surface area contributed by atoms with Crippen molar-refractivity contribution in [1.82, 2.24) is 20.3 Å². The van der Waals surface area contributed by atoms with E-state index in [-0.39, 0.29) is 0 Å². The van der Waals surface area contributed by atoms with Crippen LogP contribution in [0.2, 0.25) is 0 Å². The van der Waals surface area contributed by atoms with Gasteiger partial charge in [-0.2, -0.15) is 0 Å². The summed E-state index contributed by atoms with van der Waals surface area (Å²) in [6.07, 6.45) is 5.33. The van der Waals surface area contributed by atoms with E-state index in [1.165, 1.54) is 12.8 Å². The standard InChI is InChI=1S/C15H30N4/c1-7-8-16-13(9-12(2)15(3,4)5)10-14-11-19(6)18-17-14/h11-13,16H,7-10H2,1-6H3. The van der Waals surface area contributed by atoms with Gasteiger partial charge in [-0.05, 0) is 30.7 Å². The Kier molecular flexibility index (Phi) is 5.98. The number of nitrogens with zero attached hydrogens (tertiary/aromatic N) is 3. The van der Waals surface area contributed by atoms with Crippen molar-refractivity contribution < 1.29 is 0 Å². The summed E-state index contributed by atoms with van der Waals surface area (Å²) in [7, 11) is 1.92. The molecule has 0 saturated carbocycles. The van der Waals surface area contributed by atoms with Crippen LogP contribution in [-0.2, 0) is 13.5 Å². The van der Waals surface area contributed by atoms with E-state index in [2.05, 4.69) is 50.2 Å². The molecule has 0 aliphatic heterocycles. The molecule has 2 unspecified atom stereocenters. The molecule has 0 fully saturated rings. The second kappa shape index (κ2) is 7.04. The zero-order chi connectivity index (χ0) is 14.5. The van der Waals surface area contributed by atoms with Crippen molar-refractivity contribution in [3.63, 3.8) is 0 Å². The summed E-state index contributed by atoms with van der Waals surface area (Å²) >= 11 is 0. The van der Waals surface area contributed by atoms with Gasteiger partial charge in [0.25, 0.3) is 0 Å². The molecule has 4 heteroatoms. The highest BCUT2D eigenvalue weighted by molar-refractivity contribution is 4.96. The molecule has 1 aromatic rings. The van der Waals surface area contributed by atoms with E-state index in [0.717, 1.165) is 18.7 Å². The molecule has 0 aliphatic carbocycles. The fraction of sp³-hybridized carbons (Fsp3) is 0.867. The van der Waals surface area contributed by atoms with Gasteiger partial charge in [0.1, 0.15) is 0 Å². The van der Waals surface area contributed by atoms with Gasteiger partial charge in [0.05, 0.1) is 5.69 Å². The molecule has 1 heterocycles. The predicted octanol–water partition coefficient (Wildman–Crippen LogP) is 2.80. The normalized spacial score (nSPS) is 15.5. The Bertz CT molecular complexity index is 364. The molecule has 1 N–H and O–H groups in total. The summed E-state index contributed by atoms with van der Waals surface area (Å²) in [4.78, 5) is 0. The highest BCUT2D eigenvalue weighted by atomic mass is 15.4. The van der Waals surface area contributed by atoms with Crippen LogP contribution >= 0.6 is 0 Å². The van der Waals surface area contributed by atoms with E-state index in [1.54, 1.807) is 4.68 Å². The second-order valence-corrected chi connectivity index (χ2v) is 6.74. The van der Waals surface area contributed by atoms with E-state index >= 15 is 0 Å². The third-order valence-electron chi connectivity index (χ3n) is 3.91. The Labute approximate surface area is 118 Å². The molecule has 19 heavy (non-hydrogen) atoms. The quantitative estimate of drug-likeness (QED) is 0.825. The van der Waals surface area contributed by atoms with Gasteiger partial charge in [-0.15, -0.1) is 5.10 Å². The van der Waals surface area contributed by atoms with Gasteiger partial charge in [0, 0.05) is 25.7 Å². The maximum Gasteiger partial charge on any atom is 0.0842 e. The first-order chi connectivity index (χ1) is 8.82. The molecule has 0 aromatic carbocycles. The SMILES string of the molecule is CCCNC(Cc1cn(C)nn1)CC(C)C(C)(C)C. The minimum Gasteiger partial charge on any atom is -0.314 e. The van der Waals surface area contributed by atoms with Crippen LogP contribution in [0.4, 0.5) is 0 Å². The number of nitrogens with one attached hydrogen (secondary N) is 1. The Morgan fingerprint density at radius 2 is 2.05 bits per heavy atom. The zero-order valence-corrected chi connectivity index (χ0v) is 13.4. The maximum absolute atomic E-state index is 4.21. The molecule has 2 atom stereocenters. The van der Waals surface area contributed by atoms with Gasteiger partial charge in [-0.25, -0.2) is 0 Å². The molecule has 0 aliphatic rings. The van der Waals surface area contributed by atoms with E-state index in [4.69, 9.17) is 0 Å². The minimum atomic E-state index is 0.356. The van der Waals surface area contributed by atoms with Crippen molar-refractivity contribution in [1.29, 1.82) is 0 Å². The lowest BCUT2D eigenvalue weighted by atomic mass is 9.78. The Morgan fingerprint density at radius 3 is 2.53 bits per heavy atom. The fourth-order valence-electron chi connectivity index (χ4n) is 2.11. The van der Waals surface area contributed by atoms with Crippen molar-refractivity contribution in [3.05, 3.63) is 11.9 Å². The molecule has 4 nitrogen and oxygen atoms in total. The van der Waals surface area contributed by atoms with Gasteiger partial charge in [0.15, 0.2) is 0 Å². The zero-order valence-electron chi connectivity index (χ0n) is 13.4. The molecule has 0 spiro atoms. The van der Waals surface area contributed by atoms with E-state index in [0.29, 0.717) is 17.4 Å². The van der Waals surface area contributed by atoms with Crippen LogP contribution in [0.25, 0.3) is 0 Å². The molecular weight excluding hydrogens is 236 g/mol. The summed E-state index contributed by atoms with van der Waals surface area (Å²) in [5.41, 5.74) is 1.44. The van der Waals surface area contributed by atoms with Gasteiger partial charge >= 0.3 is 0 Å². The number of rotatable bonds is 7. The largest absolute Gasteiger partial charge is 0.314 e. The van der Waals surface area contributed by atoms with Gasteiger partial charge in [0.2, 0.25) is 0 Å². The maximum atomic E-state index is 4.21. The van der Waals surface area contributed by atoms with Crippen LogP contribution < -0.4 is 5.32 Å². The topological polar surface area (TPSA) is 42.7 Å². The predicted molar refractivity (Wildman–Crippen MR) is 80.0 cm³/mol. The fourth-order valence-corrected chi connectivity index (χ4v) is 2.11. The van der Waals surface area contributed by atoms with Crippen molar-refractivity contribution in [3.8, 4) is 0 Å². The summed E-state index contributed by atoms with van der Waals surface area (Å²) in [6, 6.07) is 0.492. The third-order valence-corrected chi connectivity index (χ3v) is 3.91. The second-order valence-electron chi connectivity index (χ2n) is 6.74. The molecule has 0 bridgehead atoms. The summed E-state index contributed by atoms with van der Waals surface area (Å²) in [5, 5.41) is 11.9. The molecule has 1 aromatic heterocycles. The highest BCUT2D eigenvalue weighted by Gasteiger charge is 2.24. The Balaban J connectivity index is 2.61. The number of hydrogen-bond donors (Lipinski definition) is 1. The monoisotopic (exact) mass is 266 g/mol. The van der Waals surface area contributed by atoms with Crippen molar-refractivity contribution >= 4 is 0 Å². The summed E-state index contributed by atoms with van der Waals surface area (Å²) in [6.45, 7) is 12.6. The number of hydrogen-bond acceptors (Lipinski definition) is 3. The average molecular weight is 266 g/mol. The Morgan fingerprint density at radius 1 is 1.37 bits per heavy atom. The van der Waals surface area contributed by atoms with Crippen LogP contribution in [0.3, 0.4) is 0 Å². The van der Waals surface area contributed by atoms with E-state index in [9.17, 15) is 0 Å². The van der Waals surface area contributed by atoms with Crippen LogP contribution in [0.1, 0.15) is 53.2 Å². The summed E-state index contributed by atoms with van der Waals surface area (Å²) < 4.78 is 1.78. The first-order valence-electron chi connectivity index (χ1n) is 7.41. The lowest BCUT2D eigenvalue weighted by molar-refractivity contribution is 0.221. The number of aromatic nitrogens is 3. The number of aryl methyl sites for hydroxylation is 1. The van der Waals surface area contributed by atoms with Crippen LogP contribution in [0, 0.1) is 11.3 Å². The molecule has 0 saturated heterocycles. The third kappa shape index (κ3) is 5.72. The van der Waals surface area contributed by atoms with E-state index in [1.807, 2.05) is 13.2 Å². The van der Waals surface area contributed by atoms with Crippen LogP contribution in [-0.4, -0.2) is 27.6 Å². The summed E-state index contributed by atoms with van der Waals surface area (Å²) in [5.74, 6) is 0.679. The van der Waals surface area contributed by atoms with Crippen LogP contribution in [0.5, 0.6) is 0 Å². The highest BCUT2D eigenvalue weighted by Crippen LogP contribution is 2.29. The smallest absolute Gasteiger partial charge is 0.0842 e. The molecule has 0 amide bonds. The van der Waals surface area contributed by atoms with Crippen molar-refractivity contribution in [2.45, 2.75) is 59.9 Å². The Hall–Kier alpha value is -0.900. The van der Waals surface area contributed by atoms with Gasteiger partial charge < -0.3 is 5.32 Å². The lowest BCUT2D eigenvalue weighted by Crippen LogP contribution is -2.36. The molecule has 0 radical (unpaired) electrons. The molecule has 110 valence electrons. The van der Waals surface area contributed by atoms with Gasteiger partial charge in [-0.1, -0.05) is 39.8 Å². The first-order valence-corrected chi connectivity index (χ1v) is 7.41. The lowest BCUT2D eigenvalue weighted by Gasteiger charge is -2.31.